The van der Waals surface area contributed by atoms with E-state index in [1.807, 2.05) is 18.2 Å². The van der Waals surface area contributed by atoms with Gasteiger partial charge in [0.05, 0.1) is 23.4 Å². The van der Waals surface area contributed by atoms with Crippen molar-refractivity contribution in [2.75, 3.05) is 12.4 Å². The molecule has 0 unspecified atom stereocenters. The Morgan fingerprint density at radius 2 is 1.97 bits per heavy atom. The van der Waals surface area contributed by atoms with Crippen molar-refractivity contribution >= 4 is 40.2 Å². The summed E-state index contributed by atoms with van der Waals surface area (Å²) in [5, 5.41) is 24.4. The monoisotopic (exact) mass is 431 g/mol. The number of carbonyl (C=O) groups is 1. The lowest BCUT2D eigenvalue weighted by Gasteiger charge is -2.10. The molecule has 0 atom stereocenters. The summed E-state index contributed by atoms with van der Waals surface area (Å²) in [5.74, 6) is -0.0535. The summed E-state index contributed by atoms with van der Waals surface area (Å²) in [6.45, 7) is 0. The van der Waals surface area contributed by atoms with Crippen LogP contribution in [-0.2, 0) is 0 Å². The molecule has 1 heterocycles. The van der Waals surface area contributed by atoms with Crippen LogP contribution in [0.2, 0.25) is 0 Å². The number of para-hydroxylation sites is 1. The number of ether oxygens (including phenoxy) is 1. The minimum atomic E-state index is -0.556. The van der Waals surface area contributed by atoms with Crippen LogP contribution >= 0.6 is 0 Å². The third-order valence-corrected chi connectivity index (χ3v) is 4.66. The summed E-state index contributed by atoms with van der Waals surface area (Å²) in [6, 6.07) is 17.4. The maximum atomic E-state index is 12.6. The van der Waals surface area contributed by atoms with Gasteiger partial charge in [-0.2, -0.15) is 0 Å². The second-order valence-corrected chi connectivity index (χ2v) is 6.75. The van der Waals surface area contributed by atoms with Gasteiger partial charge in [-0.3, -0.25) is 19.9 Å². The molecule has 0 saturated heterocycles. The van der Waals surface area contributed by atoms with Crippen molar-refractivity contribution in [3.63, 3.8) is 0 Å². The topological polar surface area (TPSA) is 127 Å². The zero-order valence-electron chi connectivity index (χ0n) is 16.8. The number of anilines is 1. The van der Waals surface area contributed by atoms with E-state index >= 15 is 0 Å². The minimum Gasteiger partial charge on any atom is -0.507 e. The van der Waals surface area contributed by atoms with Gasteiger partial charge in [-0.05, 0) is 30.3 Å². The molecule has 3 aromatic carbocycles. The van der Waals surface area contributed by atoms with Gasteiger partial charge < -0.3 is 19.6 Å². The van der Waals surface area contributed by atoms with Gasteiger partial charge in [0, 0.05) is 35.4 Å². The number of fused-ring (bicyclic) bond motifs is 1. The smallest absolute Gasteiger partial charge is 0.291 e. The molecule has 0 fully saturated rings. The number of phenols is 1. The molecule has 1 amide bonds. The average Bonchev–Trinajstić information content (AvgIpc) is 3.23. The predicted octanol–water partition coefficient (Wildman–Crippen LogP) is 5.06. The highest BCUT2D eigenvalue weighted by Gasteiger charge is 2.15. The first kappa shape index (κ1) is 20.6. The Hall–Kier alpha value is -4.66. The van der Waals surface area contributed by atoms with Crippen molar-refractivity contribution < 1.29 is 24.0 Å². The summed E-state index contributed by atoms with van der Waals surface area (Å²) in [7, 11) is 1.45. The zero-order valence-corrected chi connectivity index (χ0v) is 16.8. The van der Waals surface area contributed by atoms with E-state index in [1.54, 1.807) is 30.3 Å². The van der Waals surface area contributed by atoms with E-state index in [9.17, 15) is 20.0 Å². The maximum absolute atomic E-state index is 12.6. The highest BCUT2D eigenvalue weighted by molar-refractivity contribution is 6.05. The number of hydrogen-bond acceptors (Lipinski definition) is 7. The SMILES string of the molecule is COc1cc(N=Cc2cc([N+](=O)[O-])ccc2O)ccc1NC(=O)c1cc2ccccc2o1. The number of amides is 1. The molecule has 4 aromatic rings. The molecule has 9 nitrogen and oxygen atoms in total. The number of nitro benzene ring substituents is 1. The Morgan fingerprint density at radius 3 is 2.72 bits per heavy atom. The molecule has 0 aliphatic carbocycles. The van der Waals surface area contributed by atoms with Gasteiger partial charge >= 0.3 is 0 Å². The normalized spacial score (nSPS) is 11.0. The number of carbonyl (C=O) groups excluding carboxylic acids is 1. The number of nitro groups is 1. The zero-order chi connectivity index (χ0) is 22.7. The standard InChI is InChI=1S/C23H17N3O6/c1-31-21-12-16(24-13-15-10-17(26(29)30)7-9-19(15)27)6-8-18(21)25-23(28)22-11-14-4-2-3-5-20(14)32-22/h2-13,27H,1H3,(H,25,28). The number of non-ortho nitro benzene ring substituents is 1. The van der Waals surface area contributed by atoms with Crippen molar-refractivity contribution in [3.05, 3.63) is 88.2 Å². The minimum absolute atomic E-state index is 0.138. The molecule has 0 saturated carbocycles. The fourth-order valence-corrected chi connectivity index (χ4v) is 3.04. The molecule has 1 aromatic heterocycles. The first-order valence-electron chi connectivity index (χ1n) is 9.44. The quantitative estimate of drug-likeness (QED) is 0.250. The highest BCUT2D eigenvalue weighted by Crippen LogP contribution is 2.31. The first-order chi connectivity index (χ1) is 15.4. The number of aromatic hydroxyl groups is 1. The van der Waals surface area contributed by atoms with Gasteiger partial charge in [0.2, 0.25) is 0 Å². The number of rotatable bonds is 6. The van der Waals surface area contributed by atoms with Crippen LogP contribution in [0.3, 0.4) is 0 Å². The molecule has 0 aliphatic heterocycles. The molecule has 32 heavy (non-hydrogen) atoms. The van der Waals surface area contributed by atoms with Crippen molar-refractivity contribution in [2.45, 2.75) is 0 Å². The van der Waals surface area contributed by atoms with Gasteiger partial charge in [0.1, 0.15) is 17.1 Å². The van der Waals surface area contributed by atoms with Crippen LogP contribution in [0.5, 0.6) is 11.5 Å². The van der Waals surface area contributed by atoms with Crippen LogP contribution in [-0.4, -0.2) is 29.3 Å². The van der Waals surface area contributed by atoms with E-state index in [2.05, 4.69) is 10.3 Å². The van der Waals surface area contributed by atoms with Crippen LogP contribution in [0.25, 0.3) is 11.0 Å². The van der Waals surface area contributed by atoms with Gasteiger partial charge in [0.25, 0.3) is 11.6 Å². The van der Waals surface area contributed by atoms with Crippen molar-refractivity contribution in [1.82, 2.24) is 0 Å². The number of phenolic OH excluding ortho intramolecular Hbond substituents is 1. The van der Waals surface area contributed by atoms with Crippen LogP contribution in [0.4, 0.5) is 17.1 Å². The lowest BCUT2D eigenvalue weighted by atomic mass is 10.2. The van der Waals surface area contributed by atoms with Gasteiger partial charge in [-0.15, -0.1) is 0 Å². The molecule has 0 radical (unpaired) electrons. The van der Waals surface area contributed by atoms with Crippen molar-refractivity contribution in [3.8, 4) is 11.5 Å². The fraction of sp³-hybridized carbons (Fsp3) is 0.0435. The van der Waals surface area contributed by atoms with Gasteiger partial charge in [-0.1, -0.05) is 18.2 Å². The van der Waals surface area contributed by atoms with Crippen LogP contribution < -0.4 is 10.1 Å². The third kappa shape index (κ3) is 4.26. The summed E-state index contributed by atoms with van der Waals surface area (Å²) in [4.78, 5) is 27.2. The Bertz CT molecular complexity index is 1330. The lowest BCUT2D eigenvalue weighted by Crippen LogP contribution is -2.11. The van der Waals surface area contributed by atoms with E-state index in [4.69, 9.17) is 9.15 Å². The number of benzene rings is 3. The van der Waals surface area contributed by atoms with Gasteiger partial charge in [0.15, 0.2) is 5.76 Å². The lowest BCUT2D eigenvalue weighted by molar-refractivity contribution is -0.384. The van der Waals surface area contributed by atoms with Crippen molar-refractivity contribution in [1.29, 1.82) is 0 Å². The van der Waals surface area contributed by atoms with E-state index in [1.165, 1.54) is 31.5 Å². The maximum Gasteiger partial charge on any atom is 0.291 e. The Kier molecular flexibility index (Phi) is 5.54. The number of nitrogens with one attached hydrogen (secondary N) is 1. The molecule has 160 valence electrons. The second kappa shape index (κ2) is 8.60. The number of hydrogen-bond donors (Lipinski definition) is 2. The van der Waals surface area contributed by atoms with E-state index in [-0.39, 0.29) is 22.8 Å². The predicted molar refractivity (Wildman–Crippen MR) is 119 cm³/mol. The Labute approximate surface area is 181 Å². The number of nitrogens with zero attached hydrogens (tertiary/aromatic N) is 2. The average molecular weight is 431 g/mol. The number of furan rings is 1. The van der Waals surface area contributed by atoms with Crippen LogP contribution in [0, 0.1) is 10.1 Å². The first-order valence-corrected chi connectivity index (χ1v) is 9.44. The molecule has 0 spiro atoms. The van der Waals surface area contributed by atoms with Crippen LogP contribution in [0.15, 0.2) is 76.1 Å². The van der Waals surface area contributed by atoms with E-state index in [0.717, 1.165) is 5.39 Å². The molecular formula is C23H17N3O6. The molecule has 0 bridgehead atoms. The van der Waals surface area contributed by atoms with E-state index in [0.29, 0.717) is 22.7 Å². The number of aliphatic imine (C=N–C) groups is 1. The summed E-state index contributed by atoms with van der Waals surface area (Å²) >= 11 is 0. The molecule has 9 heteroatoms. The number of methoxy groups -OCH3 is 1. The Morgan fingerprint density at radius 1 is 1.16 bits per heavy atom. The largest absolute Gasteiger partial charge is 0.507 e. The molecule has 2 N–H and O–H groups in total. The highest BCUT2D eigenvalue weighted by atomic mass is 16.6. The molecule has 4 rings (SSSR count). The fourth-order valence-electron chi connectivity index (χ4n) is 3.04. The van der Waals surface area contributed by atoms with Crippen LogP contribution in [0.1, 0.15) is 16.1 Å². The second-order valence-electron chi connectivity index (χ2n) is 6.75. The van der Waals surface area contributed by atoms with E-state index < -0.39 is 10.8 Å². The third-order valence-electron chi connectivity index (χ3n) is 4.66. The van der Waals surface area contributed by atoms with Gasteiger partial charge in [-0.25, -0.2) is 0 Å². The summed E-state index contributed by atoms with van der Waals surface area (Å²) in [5.41, 5.74) is 1.51. The van der Waals surface area contributed by atoms with Crippen molar-refractivity contribution in [2.24, 2.45) is 4.99 Å². The summed E-state index contributed by atoms with van der Waals surface area (Å²) < 4.78 is 10.9. The molecular weight excluding hydrogens is 414 g/mol. The molecule has 0 aliphatic rings. The summed E-state index contributed by atoms with van der Waals surface area (Å²) in [6.07, 6.45) is 1.31. The Balaban J connectivity index is 1.55.